The zero-order valence-electron chi connectivity index (χ0n) is 11.1. The Morgan fingerprint density at radius 2 is 1.79 bits per heavy atom. The van der Waals surface area contributed by atoms with Gasteiger partial charge in [-0.1, -0.05) is 54.4 Å². The maximum atomic E-state index is 6.07. The van der Waals surface area contributed by atoms with Crippen molar-refractivity contribution in [3.05, 3.63) is 57.6 Å². The van der Waals surface area contributed by atoms with Crippen LogP contribution in [0.4, 0.5) is 0 Å². The average Bonchev–Trinajstić information content (AvgIpc) is 2.40. The Hall–Kier alpha value is -1.02. The Labute approximate surface area is 124 Å². The Bertz CT molecular complexity index is 579. The van der Waals surface area contributed by atoms with Crippen LogP contribution in [0.25, 0.3) is 11.1 Å². The second-order valence-corrected chi connectivity index (χ2v) is 5.37. The van der Waals surface area contributed by atoms with E-state index in [9.17, 15) is 0 Å². The smallest absolute Gasteiger partial charge is 0.0598 e. The van der Waals surface area contributed by atoms with Gasteiger partial charge in [-0.2, -0.15) is 0 Å². The molecular weight excluding hydrogens is 277 g/mol. The van der Waals surface area contributed by atoms with Crippen molar-refractivity contribution < 1.29 is 0 Å². The molecule has 0 aliphatic heterocycles. The molecule has 0 aliphatic carbocycles. The molecule has 0 radical (unpaired) electrons. The normalized spacial score (nSPS) is 10.7. The topological polar surface area (TPSA) is 12.0 Å². The summed E-state index contributed by atoms with van der Waals surface area (Å²) in [5, 5.41) is 4.51. The van der Waals surface area contributed by atoms with Gasteiger partial charge in [0, 0.05) is 6.54 Å². The van der Waals surface area contributed by atoms with E-state index in [4.69, 9.17) is 23.2 Å². The second-order valence-electron chi connectivity index (χ2n) is 4.56. The summed E-state index contributed by atoms with van der Waals surface area (Å²) in [5.74, 6) is 0. The summed E-state index contributed by atoms with van der Waals surface area (Å²) in [7, 11) is 0. The fraction of sp³-hybridized carbons (Fsp3) is 0.250. The molecule has 0 saturated carbocycles. The van der Waals surface area contributed by atoms with Crippen molar-refractivity contribution in [3.8, 4) is 11.1 Å². The third-order valence-electron chi connectivity index (χ3n) is 3.10. The van der Waals surface area contributed by atoms with Gasteiger partial charge in [0.2, 0.25) is 0 Å². The number of halogens is 2. The minimum absolute atomic E-state index is 0.590. The molecule has 0 aromatic heterocycles. The highest BCUT2D eigenvalue weighted by Gasteiger charge is 2.05. The fourth-order valence-corrected chi connectivity index (χ4v) is 2.39. The van der Waals surface area contributed by atoms with Gasteiger partial charge in [-0.3, -0.25) is 0 Å². The predicted octanol–water partition coefficient (Wildman–Crippen LogP) is 5.08. The van der Waals surface area contributed by atoms with E-state index in [1.165, 1.54) is 16.7 Å². The van der Waals surface area contributed by atoms with Crippen LogP contribution in [0.15, 0.2) is 36.4 Å². The van der Waals surface area contributed by atoms with E-state index in [0.29, 0.717) is 10.0 Å². The Morgan fingerprint density at radius 1 is 1.00 bits per heavy atom. The summed E-state index contributed by atoms with van der Waals surface area (Å²) >= 11 is 12.0. The van der Waals surface area contributed by atoms with E-state index in [-0.39, 0.29) is 0 Å². The van der Waals surface area contributed by atoms with Gasteiger partial charge in [0.1, 0.15) is 0 Å². The van der Waals surface area contributed by atoms with Crippen LogP contribution < -0.4 is 5.32 Å². The van der Waals surface area contributed by atoms with Crippen LogP contribution in [-0.4, -0.2) is 6.54 Å². The molecule has 0 unspecified atom stereocenters. The van der Waals surface area contributed by atoms with Crippen molar-refractivity contribution in [2.24, 2.45) is 0 Å². The van der Waals surface area contributed by atoms with Gasteiger partial charge in [0.15, 0.2) is 0 Å². The molecule has 0 heterocycles. The van der Waals surface area contributed by atoms with Crippen LogP contribution in [0.3, 0.4) is 0 Å². The monoisotopic (exact) mass is 293 g/mol. The first-order valence-corrected chi connectivity index (χ1v) is 7.13. The van der Waals surface area contributed by atoms with E-state index < -0.39 is 0 Å². The lowest BCUT2D eigenvalue weighted by Gasteiger charge is -2.10. The Morgan fingerprint density at radius 3 is 2.42 bits per heavy atom. The summed E-state index contributed by atoms with van der Waals surface area (Å²) in [6, 6.07) is 12.2. The molecule has 0 saturated heterocycles. The summed E-state index contributed by atoms with van der Waals surface area (Å²) < 4.78 is 0. The van der Waals surface area contributed by atoms with Crippen molar-refractivity contribution >= 4 is 23.2 Å². The number of nitrogens with one attached hydrogen (secondary N) is 1. The van der Waals surface area contributed by atoms with Gasteiger partial charge in [0.25, 0.3) is 0 Å². The Balaban J connectivity index is 2.32. The third-order valence-corrected chi connectivity index (χ3v) is 3.84. The number of hydrogen-bond donors (Lipinski definition) is 1. The number of benzene rings is 2. The Kier molecular flexibility index (Phi) is 4.87. The van der Waals surface area contributed by atoms with Crippen LogP contribution in [0.5, 0.6) is 0 Å². The molecule has 0 bridgehead atoms. The fourth-order valence-electron chi connectivity index (χ4n) is 2.09. The summed E-state index contributed by atoms with van der Waals surface area (Å²) in [6.07, 6.45) is 0. The molecule has 1 N–H and O–H groups in total. The second kappa shape index (κ2) is 6.42. The molecule has 2 aromatic rings. The van der Waals surface area contributed by atoms with Gasteiger partial charge < -0.3 is 5.32 Å². The van der Waals surface area contributed by atoms with Crippen molar-refractivity contribution in [1.29, 1.82) is 0 Å². The van der Waals surface area contributed by atoms with Crippen LogP contribution in [0.2, 0.25) is 10.0 Å². The van der Waals surface area contributed by atoms with Gasteiger partial charge in [-0.15, -0.1) is 0 Å². The number of hydrogen-bond acceptors (Lipinski definition) is 1. The average molecular weight is 294 g/mol. The summed E-state index contributed by atoms with van der Waals surface area (Å²) in [6.45, 7) is 6.11. The molecular formula is C16H17Cl2N. The van der Waals surface area contributed by atoms with Gasteiger partial charge >= 0.3 is 0 Å². The zero-order valence-corrected chi connectivity index (χ0v) is 12.6. The predicted molar refractivity (Wildman–Crippen MR) is 84.0 cm³/mol. The SMILES string of the molecule is CCNCc1ccc(-c2ccc(Cl)c(Cl)c2)c(C)c1. The molecule has 2 aromatic carbocycles. The van der Waals surface area contributed by atoms with Crippen molar-refractivity contribution in [3.63, 3.8) is 0 Å². The van der Waals surface area contributed by atoms with Gasteiger partial charge in [-0.05, 0) is 47.9 Å². The molecule has 1 nitrogen and oxygen atoms in total. The van der Waals surface area contributed by atoms with E-state index in [1.807, 2.05) is 18.2 Å². The minimum atomic E-state index is 0.590. The van der Waals surface area contributed by atoms with Crippen molar-refractivity contribution in [2.45, 2.75) is 20.4 Å². The highest BCUT2D eigenvalue weighted by Crippen LogP contribution is 2.30. The van der Waals surface area contributed by atoms with Crippen LogP contribution in [0.1, 0.15) is 18.1 Å². The molecule has 0 fully saturated rings. The third kappa shape index (κ3) is 3.50. The molecule has 0 atom stereocenters. The molecule has 0 aliphatic rings. The number of aryl methyl sites for hydroxylation is 1. The minimum Gasteiger partial charge on any atom is -0.313 e. The highest BCUT2D eigenvalue weighted by atomic mass is 35.5. The molecule has 0 spiro atoms. The van der Waals surface area contributed by atoms with Crippen LogP contribution >= 0.6 is 23.2 Å². The van der Waals surface area contributed by atoms with E-state index in [0.717, 1.165) is 18.7 Å². The molecule has 19 heavy (non-hydrogen) atoms. The lowest BCUT2D eigenvalue weighted by atomic mass is 9.98. The summed E-state index contributed by atoms with van der Waals surface area (Å²) in [5.41, 5.74) is 4.83. The lowest BCUT2D eigenvalue weighted by molar-refractivity contribution is 0.726. The van der Waals surface area contributed by atoms with E-state index >= 15 is 0 Å². The first kappa shape index (κ1) is 14.4. The molecule has 2 rings (SSSR count). The van der Waals surface area contributed by atoms with Crippen molar-refractivity contribution in [1.82, 2.24) is 5.32 Å². The quantitative estimate of drug-likeness (QED) is 0.829. The molecule has 0 amide bonds. The van der Waals surface area contributed by atoms with E-state index in [2.05, 4.69) is 37.4 Å². The lowest BCUT2D eigenvalue weighted by Crippen LogP contribution is -2.11. The zero-order chi connectivity index (χ0) is 13.8. The first-order valence-electron chi connectivity index (χ1n) is 6.37. The van der Waals surface area contributed by atoms with Crippen molar-refractivity contribution in [2.75, 3.05) is 6.54 Å². The summed E-state index contributed by atoms with van der Waals surface area (Å²) in [4.78, 5) is 0. The molecule has 3 heteroatoms. The largest absolute Gasteiger partial charge is 0.313 e. The number of rotatable bonds is 4. The maximum absolute atomic E-state index is 6.07. The van der Waals surface area contributed by atoms with E-state index in [1.54, 1.807) is 0 Å². The standard InChI is InChI=1S/C16H17Cl2N/c1-3-19-10-12-4-6-14(11(2)8-12)13-5-7-15(17)16(18)9-13/h4-9,19H,3,10H2,1-2H3. The highest BCUT2D eigenvalue weighted by molar-refractivity contribution is 6.42. The molecule has 100 valence electrons. The van der Waals surface area contributed by atoms with Crippen LogP contribution in [-0.2, 0) is 6.54 Å². The van der Waals surface area contributed by atoms with Crippen LogP contribution in [0, 0.1) is 6.92 Å². The maximum Gasteiger partial charge on any atom is 0.0598 e. The van der Waals surface area contributed by atoms with Gasteiger partial charge in [0.05, 0.1) is 10.0 Å². The van der Waals surface area contributed by atoms with Gasteiger partial charge in [-0.25, -0.2) is 0 Å². The first-order chi connectivity index (χ1) is 9.11.